The van der Waals surface area contributed by atoms with Gasteiger partial charge in [0.2, 0.25) is 0 Å². The van der Waals surface area contributed by atoms with Crippen LogP contribution in [0.5, 0.6) is 5.75 Å². The molecule has 1 aromatic carbocycles. The van der Waals surface area contributed by atoms with Gasteiger partial charge in [0.1, 0.15) is 17.6 Å². The van der Waals surface area contributed by atoms with Gasteiger partial charge in [-0.15, -0.1) is 0 Å². The molecule has 1 aromatic heterocycles. The molecule has 0 aliphatic rings. The Morgan fingerprint density at radius 3 is 2.84 bits per heavy atom. The largest absolute Gasteiger partial charge is 0.497 e. The average molecular weight is 261 g/mol. The summed E-state index contributed by atoms with van der Waals surface area (Å²) in [7, 11) is 1.65. The van der Waals surface area contributed by atoms with Crippen LogP contribution in [0, 0.1) is 0 Å². The maximum Gasteiger partial charge on any atom is 0.133 e. The Morgan fingerprint density at radius 2 is 2.16 bits per heavy atom. The molecular formula is C15H19NO3. The van der Waals surface area contributed by atoms with E-state index >= 15 is 0 Å². The highest BCUT2D eigenvalue weighted by Gasteiger charge is 2.12. The molecule has 4 nitrogen and oxygen atoms in total. The highest BCUT2D eigenvalue weighted by molar-refractivity contribution is 5.30. The number of methoxy groups -OCH3 is 1. The fourth-order valence-corrected chi connectivity index (χ4v) is 1.90. The molecule has 1 heterocycles. The van der Waals surface area contributed by atoms with Gasteiger partial charge in [-0.2, -0.15) is 0 Å². The molecule has 0 aliphatic heterocycles. The van der Waals surface area contributed by atoms with Crippen LogP contribution in [0.15, 0.2) is 47.1 Å². The molecule has 1 unspecified atom stereocenters. The van der Waals surface area contributed by atoms with Crippen LogP contribution in [0.25, 0.3) is 0 Å². The van der Waals surface area contributed by atoms with Crippen molar-refractivity contribution < 1.29 is 14.3 Å². The van der Waals surface area contributed by atoms with Crippen molar-refractivity contribution in [2.45, 2.75) is 19.1 Å². The molecule has 0 radical (unpaired) electrons. The molecule has 0 amide bonds. The summed E-state index contributed by atoms with van der Waals surface area (Å²) >= 11 is 0. The van der Waals surface area contributed by atoms with Gasteiger partial charge in [0.05, 0.1) is 13.4 Å². The van der Waals surface area contributed by atoms with Crippen LogP contribution < -0.4 is 10.1 Å². The topological polar surface area (TPSA) is 54.6 Å². The molecule has 4 heteroatoms. The van der Waals surface area contributed by atoms with Crippen molar-refractivity contribution in [3.05, 3.63) is 54.0 Å². The van der Waals surface area contributed by atoms with Gasteiger partial charge in [-0.25, -0.2) is 0 Å². The number of rotatable bonds is 6. The molecule has 0 bridgehead atoms. The molecule has 2 atom stereocenters. The zero-order valence-electron chi connectivity index (χ0n) is 11.2. The van der Waals surface area contributed by atoms with Crippen molar-refractivity contribution in [1.29, 1.82) is 0 Å². The van der Waals surface area contributed by atoms with E-state index in [9.17, 15) is 5.11 Å². The molecule has 0 saturated carbocycles. The van der Waals surface area contributed by atoms with E-state index in [1.807, 2.05) is 31.2 Å². The number of ether oxygens (including phenoxy) is 1. The summed E-state index contributed by atoms with van der Waals surface area (Å²) in [4.78, 5) is 0. The smallest absolute Gasteiger partial charge is 0.133 e. The molecule has 19 heavy (non-hydrogen) atoms. The third-order valence-corrected chi connectivity index (χ3v) is 3.08. The van der Waals surface area contributed by atoms with Crippen LogP contribution in [0.4, 0.5) is 0 Å². The van der Waals surface area contributed by atoms with Crippen molar-refractivity contribution >= 4 is 0 Å². The lowest BCUT2D eigenvalue weighted by Crippen LogP contribution is -2.24. The molecule has 102 valence electrons. The zero-order valence-corrected chi connectivity index (χ0v) is 11.2. The summed E-state index contributed by atoms with van der Waals surface area (Å²) in [5.41, 5.74) is 1.12. The van der Waals surface area contributed by atoms with Gasteiger partial charge in [-0.1, -0.05) is 12.1 Å². The monoisotopic (exact) mass is 261 g/mol. The van der Waals surface area contributed by atoms with E-state index in [4.69, 9.17) is 9.15 Å². The van der Waals surface area contributed by atoms with E-state index in [0.29, 0.717) is 12.3 Å². The Labute approximate surface area is 113 Å². The van der Waals surface area contributed by atoms with E-state index in [0.717, 1.165) is 11.3 Å². The number of aliphatic hydroxyl groups is 1. The first-order chi connectivity index (χ1) is 9.20. The van der Waals surface area contributed by atoms with Gasteiger partial charge in [-0.3, -0.25) is 0 Å². The number of nitrogens with one attached hydrogen (secondary N) is 1. The molecular weight excluding hydrogens is 242 g/mol. The highest BCUT2D eigenvalue weighted by atomic mass is 16.5. The van der Waals surface area contributed by atoms with E-state index in [1.165, 1.54) is 0 Å². The predicted molar refractivity (Wildman–Crippen MR) is 73.1 cm³/mol. The van der Waals surface area contributed by atoms with Crippen molar-refractivity contribution in [1.82, 2.24) is 5.32 Å². The SMILES string of the molecule is COc1cccc([C@@H](C)NCC(O)c2ccco2)c1. The Morgan fingerprint density at radius 1 is 1.32 bits per heavy atom. The minimum Gasteiger partial charge on any atom is -0.497 e. The standard InChI is InChI=1S/C15H19NO3/c1-11(12-5-3-6-13(9-12)18-2)16-10-14(17)15-7-4-8-19-15/h3-9,11,14,16-17H,10H2,1-2H3/t11-,14?/m1/s1. The Kier molecular flexibility index (Phi) is 4.60. The van der Waals surface area contributed by atoms with Crippen molar-refractivity contribution in [2.24, 2.45) is 0 Å². The second-order valence-electron chi connectivity index (χ2n) is 4.44. The van der Waals surface area contributed by atoms with Crippen LogP contribution in [-0.4, -0.2) is 18.8 Å². The third-order valence-electron chi connectivity index (χ3n) is 3.08. The van der Waals surface area contributed by atoms with Crippen LogP contribution in [-0.2, 0) is 0 Å². The summed E-state index contributed by atoms with van der Waals surface area (Å²) in [5.74, 6) is 1.41. The van der Waals surface area contributed by atoms with E-state index < -0.39 is 6.10 Å². The molecule has 0 saturated heterocycles. The maximum absolute atomic E-state index is 9.93. The van der Waals surface area contributed by atoms with Crippen LogP contribution in [0.3, 0.4) is 0 Å². The number of furan rings is 1. The highest BCUT2D eigenvalue weighted by Crippen LogP contribution is 2.19. The quantitative estimate of drug-likeness (QED) is 0.839. The molecule has 2 N–H and O–H groups in total. The molecule has 0 fully saturated rings. The number of hydrogen-bond acceptors (Lipinski definition) is 4. The maximum atomic E-state index is 9.93. The molecule has 0 aliphatic carbocycles. The van der Waals surface area contributed by atoms with Gasteiger partial charge in [0.15, 0.2) is 0 Å². The van der Waals surface area contributed by atoms with E-state index in [2.05, 4.69) is 5.32 Å². The fourth-order valence-electron chi connectivity index (χ4n) is 1.90. The van der Waals surface area contributed by atoms with Gasteiger partial charge < -0.3 is 19.6 Å². The van der Waals surface area contributed by atoms with Crippen molar-refractivity contribution in [2.75, 3.05) is 13.7 Å². The number of benzene rings is 1. The number of aliphatic hydroxyl groups excluding tert-OH is 1. The summed E-state index contributed by atoms with van der Waals surface area (Å²) in [6.07, 6.45) is 0.924. The summed E-state index contributed by atoms with van der Waals surface area (Å²) < 4.78 is 10.4. The van der Waals surface area contributed by atoms with Crippen molar-refractivity contribution in [3.63, 3.8) is 0 Å². The number of hydrogen-bond donors (Lipinski definition) is 2. The fraction of sp³-hybridized carbons (Fsp3) is 0.333. The molecule has 2 rings (SSSR count). The average Bonchev–Trinajstić information content (AvgIpc) is 2.98. The first-order valence-corrected chi connectivity index (χ1v) is 6.29. The summed E-state index contributed by atoms with van der Waals surface area (Å²) in [6.45, 7) is 2.48. The first-order valence-electron chi connectivity index (χ1n) is 6.29. The molecule has 2 aromatic rings. The van der Waals surface area contributed by atoms with Crippen LogP contribution in [0.1, 0.15) is 30.4 Å². The van der Waals surface area contributed by atoms with E-state index in [-0.39, 0.29) is 6.04 Å². The normalized spacial score (nSPS) is 14.1. The van der Waals surface area contributed by atoms with Crippen LogP contribution in [0.2, 0.25) is 0 Å². The third kappa shape index (κ3) is 3.59. The second-order valence-corrected chi connectivity index (χ2v) is 4.44. The lowest BCUT2D eigenvalue weighted by atomic mass is 10.1. The molecule has 0 spiro atoms. The van der Waals surface area contributed by atoms with Gasteiger partial charge >= 0.3 is 0 Å². The summed E-state index contributed by atoms with van der Waals surface area (Å²) in [6, 6.07) is 11.5. The van der Waals surface area contributed by atoms with Gasteiger partial charge in [-0.05, 0) is 36.8 Å². The Hall–Kier alpha value is -1.78. The van der Waals surface area contributed by atoms with Crippen molar-refractivity contribution in [3.8, 4) is 5.75 Å². The lowest BCUT2D eigenvalue weighted by Gasteiger charge is -2.17. The van der Waals surface area contributed by atoms with E-state index in [1.54, 1.807) is 25.5 Å². The van der Waals surface area contributed by atoms with Crippen LogP contribution >= 0.6 is 0 Å². The predicted octanol–water partition coefficient (Wildman–Crippen LogP) is 2.67. The summed E-state index contributed by atoms with van der Waals surface area (Å²) in [5, 5.41) is 13.2. The Balaban J connectivity index is 1.91. The van der Waals surface area contributed by atoms with Gasteiger partial charge in [0.25, 0.3) is 0 Å². The lowest BCUT2D eigenvalue weighted by molar-refractivity contribution is 0.144. The zero-order chi connectivity index (χ0) is 13.7. The minimum atomic E-state index is -0.636. The second kappa shape index (κ2) is 6.41. The van der Waals surface area contributed by atoms with Gasteiger partial charge in [0, 0.05) is 12.6 Å². The first kappa shape index (κ1) is 13.6. The Bertz CT molecular complexity index is 496. The minimum absolute atomic E-state index is 0.125.